The molecule has 3 nitrogen and oxygen atoms in total. The number of imidazole rings is 1. The van der Waals surface area contributed by atoms with Crippen molar-refractivity contribution < 1.29 is 0 Å². The molecule has 1 unspecified atom stereocenters. The number of fused-ring (bicyclic) bond motifs is 2. The molecule has 1 N–H and O–H groups in total. The third-order valence-electron chi connectivity index (χ3n) is 3.80. The lowest BCUT2D eigenvalue weighted by Crippen LogP contribution is -2.19. The molecule has 3 heteroatoms. The molecule has 2 heterocycles. The summed E-state index contributed by atoms with van der Waals surface area (Å²) in [5.74, 6) is 1.46. The standard InChI is InChI=1S/C15H13N3/c1-9-6-7-16-15-13(9)17-14(18-15)12-8-10-4-2-3-5-11(10)12/h2-7,12H,8H2,1H3,(H,16,17,18). The Hall–Kier alpha value is -2.16. The first-order chi connectivity index (χ1) is 8.83. The van der Waals surface area contributed by atoms with Crippen LogP contribution in [-0.2, 0) is 6.42 Å². The maximum atomic E-state index is 4.63. The first kappa shape index (κ1) is 9.83. The van der Waals surface area contributed by atoms with Gasteiger partial charge in [-0.1, -0.05) is 24.3 Å². The summed E-state index contributed by atoms with van der Waals surface area (Å²) in [6.45, 7) is 2.08. The quantitative estimate of drug-likeness (QED) is 0.704. The average molecular weight is 235 g/mol. The van der Waals surface area contributed by atoms with Crippen LogP contribution in [-0.4, -0.2) is 15.0 Å². The van der Waals surface area contributed by atoms with Crippen molar-refractivity contribution in [3.63, 3.8) is 0 Å². The van der Waals surface area contributed by atoms with Crippen LogP contribution in [0.5, 0.6) is 0 Å². The molecule has 0 bridgehead atoms. The van der Waals surface area contributed by atoms with E-state index < -0.39 is 0 Å². The first-order valence-corrected chi connectivity index (χ1v) is 6.22. The molecule has 0 saturated carbocycles. The maximum Gasteiger partial charge on any atom is 0.177 e. The van der Waals surface area contributed by atoms with Gasteiger partial charge in [-0.15, -0.1) is 0 Å². The molecule has 3 aromatic rings. The number of benzene rings is 1. The van der Waals surface area contributed by atoms with E-state index in [-0.39, 0.29) is 0 Å². The van der Waals surface area contributed by atoms with Gasteiger partial charge in [0.2, 0.25) is 0 Å². The van der Waals surface area contributed by atoms with E-state index in [4.69, 9.17) is 0 Å². The van der Waals surface area contributed by atoms with Gasteiger partial charge in [0.05, 0.1) is 5.52 Å². The highest BCUT2D eigenvalue weighted by molar-refractivity contribution is 5.74. The molecule has 1 aliphatic rings. The molecule has 0 fully saturated rings. The van der Waals surface area contributed by atoms with E-state index in [1.807, 2.05) is 12.3 Å². The van der Waals surface area contributed by atoms with Crippen LogP contribution < -0.4 is 0 Å². The Morgan fingerprint density at radius 2 is 2.11 bits per heavy atom. The number of aromatic amines is 1. The van der Waals surface area contributed by atoms with E-state index in [2.05, 4.69) is 46.1 Å². The van der Waals surface area contributed by atoms with Gasteiger partial charge in [0.25, 0.3) is 0 Å². The lowest BCUT2D eigenvalue weighted by atomic mass is 9.77. The molecule has 1 atom stereocenters. The van der Waals surface area contributed by atoms with Gasteiger partial charge < -0.3 is 4.98 Å². The van der Waals surface area contributed by atoms with Crippen LogP contribution >= 0.6 is 0 Å². The smallest absolute Gasteiger partial charge is 0.177 e. The van der Waals surface area contributed by atoms with Crippen molar-refractivity contribution in [2.24, 2.45) is 0 Å². The largest absolute Gasteiger partial charge is 0.340 e. The number of hydrogen-bond donors (Lipinski definition) is 1. The number of nitrogens with zero attached hydrogens (tertiary/aromatic N) is 2. The second-order valence-electron chi connectivity index (χ2n) is 4.90. The van der Waals surface area contributed by atoms with Crippen molar-refractivity contribution in [2.75, 3.05) is 0 Å². The van der Waals surface area contributed by atoms with E-state index in [1.165, 1.54) is 16.7 Å². The van der Waals surface area contributed by atoms with Crippen LogP contribution in [0.15, 0.2) is 36.5 Å². The zero-order valence-electron chi connectivity index (χ0n) is 10.1. The van der Waals surface area contributed by atoms with Crippen molar-refractivity contribution in [3.05, 3.63) is 59.0 Å². The minimum Gasteiger partial charge on any atom is -0.340 e. The Balaban J connectivity index is 1.84. The Morgan fingerprint density at radius 1 is 1.22 bits per heavy atom. The Bertz CT molecular complexity index is 742. The number of H-pyrrole nitrogens is 1. The van der Waals surface area contributed by atoms with Crippen molar-refractivity contribution in [3.8, 4) is 0 Å². The fraction of sp³-hybridized carbons (Fsp3) is 0.200. The average Bonchev–Trinajstić information content (AvgIpc) is 2.76. The summed E-state index contributed by atoms with van der Waals surface area (Å²) in [4.78, 5) is 12.4. The molecule has 18 heavy (non-hydrogen) atoms. The van der Waals surface area contributed by atoms with Gasteiger partial charge in [0.15, 0.2) is 5.65 Å². The molecule has 0 amide bonds. The fourth-order valence-corrected chi connectivity index (χ4v) is 2.72. The van der Waals surface area contributed by atoms with Crippen LogP contribution in [0.3, 0.4) is 0 Å². The van der Waals surface area contributed by atoms with E-state index in [9.17, 15) is 0 Å². The number of nitrogens with one attached hydrogen (secondary N) is 1. The molecule has 2 aromatic heterocycles. The monoisotopic (exact) mass is 235 g/mol. The van der Waals surface area contributed by atoms with Gasteiger partial charge in [0, 0.05) is 12.1 Å². The van der Waals surface area contributed by atoms with Crippen LogP contribution in [0.25, 0.3) is 11.2 Å². The van der Waals surface area contributed by atoms with Gasteiger partial charge in [-0.05, 0) is 36.1 Å². The van der Waals surface area contributed by atoms with Crippen molar-refractivity contribution in [1.82, 2.24) is 15.0 Å². The number of hydrogen-bond acceptors (Lipinski definition) is 2. The van der Waals surface area contributed by atoms with E-state index >= 15 is 0 Å². The lowest BCUT2D eigenvalue weighted by Gasteiger charge is -2.28. The molecule has 4 rings (SSSR count). The molecule has 1 aromatic carbocycles. The number of aromatic nitrogens is 3. The predicted molar refractivity (Wildman–Crippen MR) is 70.6 cm³/mol. The van der Waals surface area contributed by atoms with Gasteiger partial charge in [-0.2, -0.15) is 0 Å². The molecule has 1 aliphatic carbocycles. The summed E-state index contributed by atoms with van der Waals surface area (Å²) >= 11 is 0. The Morgan fingerprint density at radius 3 is 2.94 bits per heavy atom. The Kier molecular flexibility index (Phi) is 1.87. The van der Waals surface area contributed by atoms with Gasteiger partial charge in [0.1, 0.15) is 5.82 Å². The number of aryl methyl sites for hydroxylation is 1. The summed E-state index contributed by atoms with van der Waals surface area (Å²) in [5.41, 5.74) is 5.93. The highest BCUT2D eigenvalue weighted by Crippen LogP contribution is 2.39. The van der Waals surface area contributed by atoms with Crippen molar-refractivity contribution in [1.29, 1.82) is 0 Å². The zero-order valence-corrected chi connectivity index (χ0v) is 10.1. The number of pyridine rings is 1. The molecule has 0 aliphatic heterocycles. The summed E-state index contributed by atoms with van der Waals surface area (Å²) in [5, 5.41) is 0. The maximum absolute atomic E-state index is 4.63. The molecule has 88 valence electrons. The van der Waals surface area contributed by atoms with Gasteiger partial charge in [-0.25, -0.2) is 9.97 Å². The second-order valence-corrected chi connectivity index (χ2v) is 4.90. The molecular formula is C15H13N3. The summed E-state index contributed by atoms with van der Waals surface area (Å²) in [7, 11) is 0. The van der Waals surface area contributed by atoms with Gasteiger partial charge in [-0.3, -0.25) is 0 Å². The summed E-state index contributed by atoms with van der Waals surface area (Å²) in [6.07, 6.45) is 2.89. The molecule has 0 spiro atoms. The molecule has 0 saturated heterocycles. The topological polar surface area (TPSA) is 41.6 Å². The van der Waals surface area contributed by atoms with Gasteiger partial charge >= 0.3 is 0 Å². The highest BCUT2D eigenvalue weighted by atomic mass is 15.0. The number of rotatable bonds is 1. The summed E-state index contributed by atoms with van der Waals surface area (Å²) < 4.78 is 0. The summed E-state index contributed by atoms with van der Waals surface area (Å²) in [6, 6.07) is 10.6. The first-order valence-electron chi connectivity index (χ1n) is 6.22. The molecule has 0 radical (unpaired) electrons. The van der Waals surface area contributed by atoms with Crippen molar-refractivity contribution >= 4 is 11.2 Å². The van der Waals surface area contributed by atoms with Crippen LogP contribution in [0.4, 0.5) is 0 Å². The minimum absolute atomic E-state index is 0.412. The third-order valence-corrected chi connectivity index (χ3v) is 3.80. The van der Waals surface area contributed by atoms with Crippen LogP contribution in [0.2, 0.25) is 0 Å². The van der Waals surface area contributed by atoms with E-state index in [0.29, 0.717) is 5.92 Å². The zero-order chi connectivity index (χ0) is 12.1. The van der Waals surface area contributed by atoms with E-state index in [0.717, 1.165) is 23.4 Å². The lowest BCUT2D eigenvalue weighted by molar-refractivity contribution is 0.671. The fourth-order valence-electron chi connectivity index (χ4n) is 2.72. The minimum atomic E-state index is 0.412. The highest BCUT2D eigenvalue weighted by Gasteiger charge is 2.29. The second kappa shape index (κ2) is 3.42. The Labute approximate surface area is 105 Å². The normalized spacial score (nSPS) is 17.5. The van der Waals surface area contributed by atoms with Crippen LogP contribution in [0, 0.1) is 6.92 Å². The van der Waals surface area contributed by atoms with E-state index in [1.54, 1.807) is 0 Å². The third kappa shape index (κ3) is 1.24. The SMILES string of the molecule is Cc1ccnc2nc(C3Cc4ccccc43)[nH]c12. The van der Waals surface area contributed by atoms with Crippen LogP contribution in [0.1, 0.15) is 28.4 Å². The van der Waals surface area contributed by atoms with Crippen molar-refractivity contribution in [2.45, 2.75) is 19.3 Å². The predicted octanol–water partition coefficient (Wildman–Crippen LogP) is 2.95. The molecular weight excluding hydrogens is 222 g/mol.